The van der Waals surface area contributed by atoms with Gasteiger partial charge in [-0.25, -0.2) is 0 Å². The van der Waals surface area contributed by atoms with Gasteiger partial charge in [0.25, 0.3) is 0 Å². The molecule has 1 heterocycles. The summed E-state index contributed by atoms with van der Waals surface area (Å²) in [4.78, 5) is 2.31. The van der Waals surface area contributed by atoms with Crippen molar-refractivity contribution in [2.24, 2.45) is 5.84 Å². The molecule has 1 aromatic carbocycles. The van der Waals surface area contributed by atoms with Crippen LogP contribution in [0.2, 0.25) is 0 Å². The number of ether oxygens (including phenoxy) is 1. The fraction of sp³-hybridized carbons (Fsp3) is 0.625. The van der Waals surface area contributed by atoms with Crippen LogP contribution in [0.25, 0.3) is 0 Å². The zero-order chi connectivity index (χ0) is 13.9. The third kappa shape index (κ3) is 3.04. The Bertz CT molecular complexity index is 463. The molecule has 0 aromatic heterocycles. The van der Waals surface area contributed by atoms with Crippen LogP contribution >= 0.6 is 0 Å². The minimum absolute atomic E-state index is 0.173. The molecule has 3 N–H and O–H groups in total. The molecule has 1 aliphatic heterocycles. The first kappa shape index (κ1) is 14.0. The minimum atomic E-state index is 0.173. The molecule has 20 heavy (non-hydrogen) atoms. The Hall–Kier alpha value is -0.940. The van der Waals surface area contributed by atoms with Crippen molar-refractivity contribution in [3.05, 3.63) is 34.9 Å². The first-order valence-electron chi connectivity index (χ1n) is 7.63. The van der Waals surface area contributed by atoms with Crippen LogP contribution in [-0.2, 0) is 24.0 Å². The number of nitrogens with zero attached hydrogens (tertiary/aromatic N) is 1. The Balaban J connectivity index is 1.68. The van der Waals surface area contributed by atoms with Crippen molar-refractivity contribution in [2.75, 3.05) is 26.7 Å². The summed E-state index contributed by atoms with van der Waals surface area (Å²) >= 11 is 0. The maximum Gasteiger partial charge on any atom is 0.0871 e. The molecule has 0 saturated carbocycles. The van der Waals surface area contributed by atoms with Gasteiger partial charge in [-0.3, -0.25) is 11.3 Å². The number of morpholine rings is 1. The van der Waals surface area contributed by atoms with Crippen LogP contribution in [0.5, 0.6) is 0 Å². The monoisotopic (exact) mass is 275 g/mol. The van der Waals surface area contributed by atoms with E-state index < -0.39 is 0 Å². The van der Waals surface area contributed by atoms with Gasteiger partial charge in [0.1, 0.15) is 0 Å². The van der Waals surface area contributed by atoms with Gasteiger partial charge in [-0.1, -0.05) is 18.2 Å². The Morgan fingerprint density at radius 3 is 3.05 bits per heavy atom. The number of nitrogens with two attached hydrogens (primary N) is 1. The number of hydrogen-bond acceptors (Lipinski definition) is 4. The highest BCUT2D eigenvalue weighted by Crippen LogP contribution is 2.24. The van der Waals surface area contributed by atoms with E-state index in [1.54, 1.807) is 0 Å². The smallest absolute Gasteiger partial charge is 0.0871 e. The molecule has 0 radical (unpaired) electrons. The van der Waals surface area contributed by atoms with Crippen molar-refractivity contribution in [3.63, 3.8) is 0 Å². The number of benzene rings is 1. The lowest BCUT2D eigenvalue weighted by Crippen LogP contribution is -2.54. The summed E-state index contributed by atoms with van der Waals surface area (Å²) in [5.74, 6) is 5.76. The molecule has 2 aliphatic rings. The summed E-state index contributed by atoms with van der Waals surface area (Å²) in [6.45, 7) is 2.75. The van der Waals surface area contributed by atoms with Gasteiger partial charge in [-0.05, 0) is 49.4 Å². The second-order valence-corrected chi connectivity index (χ2v) is 6.11. The highest BCUT2D eigenvalue weighted by atomic mass is 16.5. The molecule has 1 saturated heterocycles. The summed E-state index contributed by atoms with van der Waals surface area (Å²) in [5, 5.41) is 0. The highest BCUT2D eigenvalue weighted by molar-refractivity contribution is 5.35. The van der Waals surface area contributed by atoms with E-state index in [0.717, 1.165) is 26.1 Å². The zero-order valence-corrected chi connectivity index (χ0v) is 12.3. The van der Waals surface area contributed by atoms with Crippen molar-refractivity contribution >= 4 is 0 Å². The van der Waals surface area contributed by atoms with Gasteiger partial charge < -0.3 is 9.64 Å². The van der Waals surface area contributed by atoms with Crippen LogP contribution in [0.1, 0.15) is 23.1 Å². The Labute approximate surface area is 121 Å². The molecule has 1 aliphatic carbocycles. The summed E-state index contributed by atoms with van der Waals surface area (Å²) in [6.07, 6.45) is 4.87. The van der Waals surface area contributed by atoms with E-state index in [2.05, 4.69) is 35.6 Å². The lowest BCUT2D eigenvalue weighted by molar-refractivity contribution is -0.0384. The van der Waals surface area contributed by atoms with Gasteiger partial charge in [0, 0.05) is 13.1 Å². The van der Waals surface area contributed by atoms with Crippen LogP contribution < -0.4 is 11.3 Å². The number of rotatable bonds is 4. The number of fused-ring (bicyclic) bond motifs is 1. The fourth-order valence-electron chi connectivity index (χ4n) is 3.36. The first-order chi connectivity index (χ1) is 9.76. The topological polar surface area (TPSA) is 50.5 Å². The Morgan fingerprint density at radius 1 is 1.40 bits per heavy atom. The third-order valence-electron chi connectivity index (χ3n) is 4.58. The average Bonchev–Trinajstić information content (AvgIpc) is 2.92. The molecule has 4 nitrogen and oxygen atoms in total. The minimum Gasteiger partial charge on any atom is -0.374 e. The van der Waals surface area contributed by atoms with E-state index in [4.69, 9.17) is 10.6 Å². The van der Waals surface area contributed by atoms with Crippen molar-refractivity contribution < 1.29 is 4.74 Å². The molecule has 2 atom stereocenters. The maximum absolute atomic E-state index is 5.88. The normalized spacial score (nSPS) is 24.6. The molecule has 0 amide bonds. The molecule has 4 heteroatoms. The lowest BCUT2D eigenvalue weighted by Gasteiger charge is -2.35. The van der Waals surface area contributed by atoms with Gasteiger partial charge in [0.2, 0.25) is 0 Å². The van der Waals surface area contributed by atoms with E-state index in [1.165, 1.54) is 36.0 Å². The van der Waals surface area contributed by atoms with Crippen LogP contribution in [0.3, 0.4) is 0 Å². The molecule has 3 rings (SSSR count). The molecule has 110 valence electrons. The lowest BCUT2D eigenvalue weighted by atomic mass is 9.97. The molecule has 1 aromatic rings. The number of hydrazine groups is 1. The molecule has 2 unspecified atom stereocenters. The summed E-state index contributed by atoms with van der Waals surface area (Å²) in [5.41, 5.74) is 7.38. The molecule has 1 fully saturated rings. The standard InChI is InChI=1S/C16H25N3O/c1-19-7-8-20-16(11-19)15(18-17)10-12-5-6-13-3-2-4-14(13)9-12/h5-6,9,15-16,18H,2-4,7-8,10-11,17H2,1H3. The summed E-state index contributed by atoms with van der Waals surface area (Å²) < 4.78 is 5.88. The number of hydrogen-bond donors (Lipinski definition) is 2. The number of likely N-dealkylation sites (N-methyl/N-ethyl adjacent to an activating group) is 1. The van der Waals surface area contributed by atoms with E-state index in [-0.39, 0.29) is 12.1 Å². The molecular weight excluding hydrogens is 250 g/mol. The predicted molar refractivity (Wildman–Crippen MR) is 80.5 cm³/mol. The van der Waals surface area contributed by atoms with Crippen molar-refractivity contribution in [2.45, 2.75) is 37.8 Å². The fourth-order valence-corrected chi connectivity index (χ4v) is 3.36. The Kier molecular flexibility index (Phi) is 4.36. The first-order valence-corrected chi connectivity index (χ1v) is 7.63. The van der Waals surface area contributed by atoms with E-state index >= 15 is 0 Å². The Morgan fingerprint density at radius 2 is 2.25 bits per heavy atom. The summed E-state index contributed by atoms with van der Waals surface area (Å²) in [7, 11) is 2.14. The quantitative estimate of drug-likeness (QED) is 0.633. The van der Waals surface area contributed by atoms with Crippen molar-refractivity contribution in [3.8, 4) is 0 Å². The van der Waals surface area contributed by atoms with Crippen molar-refractivity contribution in [1.29, 1.82) is 0 Å². The van der Waals surface area contributed by atoms with Gasteiger partial charge in [0.15, 0.2) is 0 Å². The number of aryl methyl sites for hydroxylation is 2. The van der Waals surface area contributed by atoms with Crippen LogP contribution in [0.4, 0.5) is 0 Å². The second-order valence-electron chi connectivity index (χ2n) is 6.11. The van der Waals surface area contributed by atoms with E-state index in [0.29, 0.717) is 0 Å². The molecule has 0 bridgehead atoms. The van der Waals surface area contributed by atoms with Gasteiger partial charge in [-0.15, -0.1) is 0 Å². The predicted octanol–water partition coefficient (Wildman–Crippen LogP) is 0.880. The second kappa shape index (κ2) is 6.22. The SMILES string of the molecule is CN1CCOC(C(Cc2ccc3c(c2)CCC3)NN)C1. The largest absolute Gasteiger partial charge is 0.374 e. The van der Waals surface area contributed by atoms with E-state index in [9.17, 15) is 0 Å². The van der Waals surface area contributed by atoms with Crippen LogP contribution in [-0.4, -0.2) is 43.8 Å². The molecule has 0 spiro atoms. The molecular formula is C16H25N3O. The van der Waals surface area contributed by atoms with Gasteiger partial charge >= 0.3 is 0 Å². The van der Waals surface area contributed by atoms with Crippen molar-refractivity contribution in [1.82, 2.24) is 10.3 Å². The highest BCUT2D eigenvalue weighted by Gasteiger charge is 2.26. The summed E-state index contributed by atoms with van der Waals surface area (Å²) in [6, 6.07) is 7.08. The van der Waals surface area contributed by atoms with Gasteiger partial charge in [-0.2, -0.15) is 0 Å². The van der Waals surface area contributed by atoms with Gasteiger partial charge in [0.05, 0.1) is 18.8 Å². The number of nitrogens with one attached hydrogen (secondary N) is 1. The maximum atomic E-state index is 5.88. The van der Waals surface area contributed by atoms with Crippen LogP contribution in [0.15, 0.2) is 18.2 Å². The average molecular weight is 275 g/mol. The third-order valence-corrected chi connectivity index (χ3v) is 4.58. The zero-order valence-electron chi connectivity index (χ0n) is 12.3. The van der Waals surface area contributed by atoms with Crippen LogP contribution in [0, 0.1) is 0 Å². The van der Waals surface area contributed by atoms with E-state index in [1.807, 2.05) is 0 Å².